The molecule has 0 bridgehead atoms. The number of amides is 1. The maximum Gasteiger partial charge on any atom is 0.258 e. The molecule has 0 heterocycles. The molecule has 2 aromatic carbocycles. The second-order valence-electron chi connectivity index (χ2n) is 5.74. The SMILES string of the molecule is CCc1ccc(OCC(=O)NC(C)COc2ccc(OC)cc2)cc1. The summed E-state index contributed by atoms with van der Waals surface area (Å²) in [4.78, 5) is 11.9. The minimum atomic E-state index is -0.176. The zero-order chi connectivity index (χ0) is 18.1. The summed E-state index contributed by atoms with van der Waals surface area (Å²) in [7, 11) is 1.62. The Morgan fingerprint density at radius 1 is 0.960 bits per heavy atom. The third kappa shape index (κ3) is 6.37. The Morgan fingerprint density at radius 2 is 1.52 bits per heavy atom. The molecule has 0 aliphatic rings. The predicted molar refractivity (Wildman–Crippen MR) is 97.4 cm³/mol. The van der Waals surface area contributed by atoms with Gasteiger partial charge < -0.3 is 19.5 Å². The first-order valence-electron chi connectivity index (χ1n) is 8.38. The van der Waals surface area contributed by atoms with Crippen LogP contribution in [0.25, 0.3) is 0 Å². The van der Waals surface area contributed by atoms with Gasteiger partial charge in [0.1, 0.15) is 23.9 Å². The van der Waals surface area contributed by atoms with Crippen LogP contribution in [0, 0.1) is 0 Å². The second-order valence-corrected chi connectivity index (χ2v) is 5.74. The quantitative estimate of drug-likeness (QED) is 0.759. The van der Waals surface area contributed by atoms with Crippen molar-refractivity contribution >= 4 is 5.91 Å². The van der Waals surface area contributed by atoms with Gasteiger partial charge in [-0.25, -0.2) is 0 Å². The highest BCUT2D eigenvalue weighted by Crippen LogP contribution is 2.17. The van der Waals surface area contributed by atoms with E-state index in [0.717, 1.165) is 17.9 Å². The monoisotopic (exact) mass is 343 g/mol. The smallest absolute Gasteiger partial charge is 0.258 e. The number of carbonyl (C=O) groups excluding carboxylic acids is 1. The van der Waals surface area contributed by atoms with Crippen molar-refractivity contribution in [2.24, 2.45) is 0 Å². The number of carbonyl (C=O) groups is 1. The van der Waals surface area contributed by atoms with E-state index in [9.17, 15) is 4.79 Å². The number of rotatable bonds is 9. The van der Waals surface area contributed by atoms with Crippen molar-refractivity contribution in [3.63, 3.8) is 0 Å². The Kier molecular flexibility index (Phi) is 7.14. The predicted octanol–water partition coefficient (Wildman–Crippen LogP) is 3.22. The molecule has 2 rings (SSSR count). The van der Waals surface area contributed by atoms with Crippen molar-refractivity contribution in [3.8, 4) is 17.2 Å². The van der Waals surface area contributed by atoms with Gasteiger partial charge in [-0.2, -0.15) is 0 Å². The normalized spacial score (nSPS) is 11.5. The number of hydrogen-bond donors (Lipinski definition) is 1. The van der Waals surface area contributed by atoms with Crippen LogP contribution in [-0.2, 0) is 11.2 Å². The first-order chi connectivity index (χ1) is 12.1. The molecule has 5 nitrogen and oxygen atoms in total. The van der Waals surface area contributed by atoms with E-state index >= 15 is 0 Å². The van der Waals surface area contributed by atoms with Gasteiger partial charge in [-0.15, -0.1) is 0 Å². The van der Waals surface area contributed by atoms with Gasteiger partial charge in [0.25, 0.3) is 5.91 Å². The Labute approximate surface area is 148 Å². The highest BCUT2D eigenvalue weighted by molar-refractivity contribution is 5.77. The lowest BCUT2D eigenvalue weighted by molar-refractivity contribution is -0.123. The molecule has 0 aliphatic heterocycles. The van der Waals surface area contributed by atoms with Crippen LogP contribution < -0.4 is 19.5 Å². The summed E-state index contributed by atoms with van der Waals surface area (Å²) in [6, 6.07) is 14.9. The standard InChI is InChI=1S/C20H25NO4/c1-4-16-5-7-18(8-6-16)25-14-20(22)21-15(2)13-24-19-11-9-17(23-3)10-12-19/h5-12,15H,4,13-14H2,1-3H3,(H,21,22). The Morgan fingerprint density at radius 3 is 2.12 bits per heavy atom. The fraction of sp³-hybridized carbons (Fsp3) is 0.350. The van der Waals surface area contributed by atoms with E-state index in [1.165, 1.54) is 5.56 Å². The molecule has 0 spiro atoms. The van der Waals surface area contributed by atoms with Crippen LogP contribution in [0.3, 0.4) is 0 Å². The number of nitrogens with one attached hydrogen (secondary N) is 1. The molecular weight excluding hydrogens is 318 g/mol. The number of benzene rings is 2. The van der Waals surface area contributed by atoms with Gasteiger partial charge in [0.05, 0.1) is 13.2 Å². The molecule has 5 heteroatoms. The van der Waals surface area contributed by atoms with Gasteiger partial charge in [-0.3, -0.25) is 4.79 Å². The van der Waals surface area contributed by atoms with E-state index < -0.39 is 0 Å². The van der Waals surface area contributed by atoms with Crippen molar-refractivity contribution < 1.29 is 19.0 Å². The first-order valence-corrected chi connectivity index (χ1v) is 8.38. The van der Waals surface area contributed by atoms with Crippen LogP contribution in [0.15, 0.2) is 48.5 Å². The highest BCUT2D eigenvalue weighted by atomic mass is 16.5. The zero-order valence-corrected chi connectivity index (χ0v) is 15.0. The number of aryl methyl sites for hydroxylation is 1. The van der Waals surface area contributed by atoms with Gasteiger partial charge in [-0.1, -0.05) is 19.1 Å². The maximum absolute atomic E-state index is 11.9. The fourth-order valence-corrected chi connectivity index (χ4v) is 2.22. The van der Waals surface area contributed by atoms with Crippen molar-refractivity contribution in [2.75, 3.05) is 20.3 Å². The van der Waals surface area contributed by atoms with E-state index in [4.69, 9.17) is 14.2 Å². The Bertz CT molecular complexity index is 652. The van der Waals surface area contributed by atoms with E-state index in [2.05, 4.69) is 12.2 Å². The van der Waals surface area contributed by atoms with E-state index in [0.29, 0.717) is 12.4 Å². The van der Waals surface area contributed by atoms with Crippen molar-refractivity contribution in [1.29, 1.82) is 0 Å². The van der Waals surface area contributed by atoms with Crippen LogP contribution >= 0.6 is 0 Å². The lowest BCUT2D eigenvalue weighted by Crippen LogP contribution is -2.39. The molecule has 0 aromatic heterocycles. The van der Waals surface area contributed by atoms with Crippen molar-refractivity contribution in [3.05, 3.63) is 54.1 Å². The average molecular weight is 343 g/mol. The van der Waals surface area contributed by atoms with Gasteiger partial charge in [-0.05, 0) is 55.3 Å². The average Bonchev–Trinajstić information content (AvgIpc) is 2.65. The lowest BCUT2D eigenvalue weighted by atomic mass is 10.2. The molecular formula is C20H25NO4. The summed E-state index contributed by atoms with van der Waals surface area (Å²) in [5.41, 5.74) is 1.24. The largest absolute Gasteiger partial charge is 0.497 e. The summed E-state index contributed by atoms with van der Waals surface area (Å²) in [6.45, 7) is 4.35. The molecule has 0 fully saturated rings. The Balaban J connectivity index is 1.69. The van der Waals surface area contributed by atoms with Gasteiger partial charge in [0.2, 0.25) is 0 Å². The van der Waals surface area contributed by atoms with E-state index in [1.54, 1.807) is 7.11 Å². The number of hydrogen-bond acceptors (Lipinski definition) is 4. The molecule has 25 heavy (non-hydrogen) atoms. The molecule has 1 N–H and O–H groups in total. The molecule has 1 amide bonds. The number of ether oxygens (including phenoxy) is 3. The van der Waals surface area contributed by atoms with Crippen LogP contribution in [0.1, 0.15) is 19.4 Å². The topological polar surface area (TPSA) is 56.8 Å². The third-order valence-electron chi connectivity index (χ3n) is 3.67. The molecule has 1 unspecified atom stereocenters. The summed E-state index contributed by atoms with van der Waals surface area (Å²) in [5.74, 6) is 2.02. The van der Waals surface area contributed by atoms with Crippen molar-refractivity contribution in [1.82, 2.24) is 5.32 Å². The lowest BCUT2D eigenvalue weighted by Gasteiger charge is -2.15. The molecule has 1 atom stereocenters. The zero-order valence-electron chi connectivity index (χ0n) is 15.0. The van der Waals surface area contributed by atoms with Crippen LogP contribution in [0.2, 0.25) is 0 Å². The summed E-state index contributed by atoms with van der Waals surface area (Å²) < 4.78 is 16.2. The van der Waals surface area contributed by atoms with Gasteiger partial charge in [0.15, 0.2) is 6.61 Å². The maximum atomic E-state index is 11.9. The minimum Gasteiger partial charge on any atom is -0.497 e. The molecule has 134 valence electrons. The summed E-state index contributed by atoms with van der Waals surface area (Å²) in [6.07, 6.45) is 0.979. The minimum absolute atomic E-state index is 0.0155. The second kappa shape index (κ2) is 9.57. The molecule has 2 aromatic rings. The Hall–Kier alpha value is -2.69. The van der Waals surface area contributed by atoms with Gasteiger partial charge >= 0.3 is 0 Å². The van der Waals surface area contributed by atoms with Crippen LogP contribution in [-0.4, -0.2) is 32.3 Å². The van der Waals surface area contributed by atoms with Crippen LogP contribution in [0.5, 0.6) is 17.2 Å². The first kappa shape index (κ1) is 18.6. The molecule has 0 aliphatic carbocycles. The third-order valence-corrected chi connectivity index (χ3v) is 3.67. The van der Waals surface area contributed by atoms with E-state index in [-0.39, 0.29) is 18.6 Å². The van der Waals surface area contributed by atoms with E-state index in [1.807, 2.05) is 55.5 Å². The van der Waals surface area contributed by atoms with Gasteiger partial charge in [0, 0.05) is 0 Å². The fourth-order valence-electron chi connectivity index (χ4n) is 2.22. The molecule has 0 radical (unpaired) electrons. The van der Waals surface area contributed by atoms with Crippen LogP contribution in [0.4, 0.5) is 0 Å². The summed E-state index contributed by atoms with van der Waals surface area (Å²) >= 11 is 0. The molecule has 0 saturated carbocycles. The van der Waals surface area contributed by atoms with Crippen molar-refractivity contribution in [2.45, 2.75) is 26.3 Å². The summed E-state index contributed by atoms with van der Waals surface area (Å²) in [5, 5.41) is 2.85. The number of methoxy groups -OCH3 is 1. The molecule has 0 saturated heterocycles. The highest BCUT2D eigenvalue weighted by Gasteiger charge is 2.09.